The number of fused-ring (bicyclic) bond motifs is 1. The molecule has 3 aromatic rings. The highest BCUT2D eigenvalue weighted by molar-refractivity contribution is 5.76. The molecule has 1 aromatic carbocycles. The predicted octanol–water partition coefficient (Wildman–Crippen LogP) is 4.07. The highest BCUT2D eigenvalue weighted by Gasteiger charge is 2.25. The van der Waals surface area contributed by atoms with E-state index in [9.17, 15) is 0 Å². The molecule has 0 spiro atoms. The number of imidazole rings is 1. The lowest BCUT2D eigenvalue weighted by atomic mass is 9.95. The lowest BCUT2D eigenvalue weighted by Crippen LogP contribution is -2.34. The molecule has 0 aliphatic carbocycles. The van der Waals surface area contributed by atoms with Crippen molar-refractivity contribution in [2.75, 3.05) is 19.6 Å². The van der Waals surface area contributed by atoms with Crippen LogP contribution in [-0.4, -0.2) is 39.1 Å². The first-order valence-corrected chi connectivity index (χ1v) is 9.42. The van der Waals surface area contributed by atoms with Crippen molar-refractivity contribution in [2.24, 2.45) is 0 Å². The predicted molar refractivity (Wildman–Crippen MR) is 102 cm³/mol. The minimum Gasteiger partial charge on any atom is -0.322 e. The topological polar surface area (TPSA) is 34.0 Å². The molecule has 3 heterocycles. The summed E-state index contributed by atoms with van der Waals surface area (Å²) in [4.78, 5) is 12.1. The normalized spacial score (nSPS) is 16.5. The van der Waals surface area contributed by atoms with Crippen molar-refractivity contribution in [3.63, 3.8) is 0 Å². The van der Waals surface area contributed by atoms with Crippen LogP contribution < -0.4 is 0 Å². The van der Waals surface area contributed by atoms with Gasteiger partial charge in [0.15, 0.2) is 0 Å². The molecule has 4 rings (SSSR count). The van der Waals surface area contributed by atoms with Crippen LogP contribution in [0.15, 0.2) is 48.7 Å². The summed E-state index contributed by atoms with van der Waals surface area (Å²) in [6, 6.07) is 14.6. The standard InChI is InChI=1S/C21H26N4/c1-2-13-24-14-10-17(11-15-24)21-23-19-8-3-4-9-20(19)25(21)16-18-7-5-6-12-22-18/h3-9,12,17H,2,10-11,13-16H2,1H3. The summed E-state index contributed by atoms with van der Waals surface area (Å²) >= 11 is 0. The molecule has 0 atom stereocenters. The molecule has 0 bridgehead atoms. The summed E-state index contributed by atoms with van der Waals surface area (Å²) < 4.78 is 2.39. The fourth-order valence-electron chi connectivity index (χ4n) is 3.96. The third-order valence-electron chi connectivity index (χ3n) is 5.22. The molecule has 1 aliphatic rings. The molecule has 1 saturated heterocycles. The van der Waals surface area contributed by atoms with Crippen LogP contribution >= 0.6 is 0 Å². The maximum absolute atomic E-state index is 5.02. The number of benzene rings is 1. The van der Waals surface area contributed by atoms with Crippen LogP contribution in [0.3, 0.4) is 0 Å². The number of pyridine rings is 1. The maximum Gasteiger partial charge on any atom is 0.113 e. The molecule has 130 valence electrons. The zero-order chi connectivity index (χ0) is 17.1. The first-order chi connectivity index (χ1) is 12.3. The smallest absolute Gasteiger partial charge is 0.113 e. The van der Waals surface area contributed by atoms with Crippen molar-refractivity contribution in [3.05, 3.63) is 60.2 Å². The number of hydrogen-bond acceptors (Lipinski definition) is 3. The fourth-order valence-corrected chi connectivity index (χ4v) is 3.96. The van der Waals surface area contributed by atoms with E-state index in [1.54, 1.807) is 0 Å². The summed E-state index contributed by atoms with van der Waals surface area (Å²) in [5.41, 5.74) is 3.42. The van der Waals surface area contributed by atoms with Crippen LogP contribution in [0.5, 0.6) is 0 Å². The Labute approximate surface area is 149 Å². The van der Waals surface area contributed by atoms with Crippen molar-refractivity contribution < 1.29 is 0 Å². The Hall–Kier alpha value is -2.20. The molecule has 0 amide bonds. The molecule has 25 heavy (non-hydrogen) atoms. The second-order valence-electron chi connectivity index (χ2n) is 6.98. The molecule has 0 saturated carbocycles. The molecular weight excluding hydrogens is 308 g/mol. The van der Waals surface area contributed by atoms with E-state index in [1.807, 2.05) is 12.3 Å². The third kappa shape index (κ3) is 3.45. The molecule has 0 radical (unpaired) electrons. The molecule has 1 fully saturated rings. The molecular formula is C21H26N4. The number of nitrogens with zero attached hydrogens (tertiary/aromatic N) is 4. The van der Waals surface area contributed by atoms with Crippen LogP contribution in [0.25, 0.3) is 11.0 Å². The van der Waals surface area contributed by atoms with E-state index < -0.39 is 0 Å². The van der Waals surface area contributed by atoms with Gasteiger partial charge in [0.25, 0.3) is 0 Å². The van der Waals surface area contributed by atoms with Crippen molar-refractivity contribution in [2.45, 2.75) is 38.6 Å². The molecule has 4 nitrogen and oxygen atoms in total. The van der Waals surface area contributed by atoms with Gasteiger partial charge in [-0.3, -0.25) is 4.98 Å². The van der Waals surface area contributed by atoms with Gasteiger partial charge in [-0.1, -0.05) is 25.1 Å². The van der Waals surface area contributed by atoms with Crippen LogP contribution in [-0.2, 0) is 6.54 Å². The number of para-hydroxylation sites is 2. The number of aromatic nitrogens is 3. The van der Waals surface area contributed by atoms with Crippen LogP contribution in [0.4, 0.5) is 0 Å². The quantitative estimate of drug-likeness (QED) is 0.705. The highest BCUT2D eigenvalue weighted by atomic mass is 15.1. The van der Waals surface area contributed by atoms with Crippen LogP contribution in [0.1, 0.15) is 43.6 Å². The van der Waals surface area contributed by atoms with Crippen molar-refractivity contribution in [3.8, 4) is 0 Å². The van der Waals surface area contributed by atoms with Crippen molar-refractivity contribution >= 4 is 11.0 Å². The largest absolute Gasteiger partial charge is 0.322 e. The van der Waals surface area contributed by atoms with Gasteiger partial charge in [-0.05, 0) is 63.2 Å². The van der Waals surface area contributed by atoms with Crippen LogP contribution in [0, 0.1) is 0 Å². The number of likely N-dealkylation sites (tertiary alicyclic amines) is 1. The van der Waals surface area contributed by atoms with Gasteiger partial charge in [0, 0.05) is 12.1 Å². The maximum atomic E-state index is 5.02. The van der Waals surface area contributed by atoms with Gasteiger partial charge in [-0.2, -0.15) is 0 Å². The first kappa shape index (κ1) is 16.3. The summed E-state index contributed by atoms with van der Waals surface area (Å²) in [6.07, 6.45) is 5.51. The number of piperidine rings is 1. The Morgan fingerprint density at radius 3 is 2.60 bits per heavy atom. The molecule has 2 aromatic heterocycles. The van der Waals surface area contributed by atoms with E-state index in [-0.39, 0.29) is 0 Å². The monoisotopic (exact) mass is 334 g/mol. The number of rotatable bonds is 5. The first-order valence-electron chi connectivity index (χ1n) is 9.42. The average Bonchev–Trinajstić information content (AvgIpc) is 3.02. The Morgan fingerprint density at radius 1 is 1.04 bits per heavy atom. The molecule has 1 aliphatic heterocycles. The van der Waals surface area contributed by atoms with Gasteiger partial charge in [-0.15, -0.1) is 0 Å². The lowest BCUT2D eigenvalue weighted by molar-refractivity contribution is 0.208. The Kier molecular flexibility index (Phi) is 4.79. The van der Waals surface area contributed by atoms with Gasteiger partial charge in [-0.25, -0.2) is 4.98 Å². The third-order valence-corrected chi connectivity index (χ3v) is 5.22. The minimum atomic E-state index is 0.546. The summed E-state index contributed by atoms with van der Waals surface area (Å²) in [5.74, 6) is 1.78. The average molecular weight is 334 g/mol. The SMILES string of the molecule is CCCN1CCC(c2nc3ccccc3n2Cc2ccccn2)CC1. The van der Waals surface area contributed by atoms with Gasteiger partial charge in [0.05, 0.1) is 23.3 Å². The van der Waals surface area contributed by atoms with Gasteiger partial charge in [0.2, 0.25) is 0 Å². The van der Waals surface area contributed by atoms with E-state index in [4.69, 9.17) is 4.98 Å². The Morgan fingerprint density at radius 2 is 1.84 bits per heavy atom. The van der Waals surface area contributed by atoms with E-state index in [1.165, 1.54) is 50.2 Å². The number of hydrogen-bond donors (Lipinski definition) is 0. The van der Waals surface area contributed by atoms with Crippen LogP contribution in [0.2, 0.25) is 0 Å². The second kappa shape index (κ2) is 7.36. The second-order valence-corrected chi connectivity index (χ2v) is 6.98. The zero-order valence-electron chi connectivity index (χ0n) is 14.9. The fraction of sp³-hybridized carbons (Fsp3) is 0.429. The highest BCUT2D eigenvalue weighted by Crippen LogP contribution is 2.30. The molecule has 0 N–H and O–H groups in total. The van der Waals surface area contributed by atoms with E-state index in [0.29, 0.717) is 5.92 Å². The lowest BCUT2D eigenvalue weighted by Gasteiger charge is -2.31. The zero-order valence-corrected chi connectivity index (χ0v) is 14.9. The Balaban J connectivity index is 1.65. The molecule has 0 unspecified atom stereocenters. The van der Waals surface area contributed by atoms with E-state index in [0.717, 1.165) is 17.8 Å². The Bertz CT molecular complexity index is 816. The summed E-state index contributed by atoms with van der Waals surface area (Å²) in [6.45, 7) is 6.65. The minimum absolute atomic E-state index is 0.546. The van der Waals surface area contributed by atoms with Gasteiger partial charge < -0.3 is 9.47 Å². The van der Waals surface area contributed by atoms with Crippen molar-refractivity contribution in [1.82, 2.24) is 19.4 Å². The van der Waals surface area contributed by atoms with Crippen molar-refractivity contribution in [1.29, 1.82) is 0 Å². The summed E-state index contributed by atoms with van der Waals surface area (Å²) in [5, 5.41) is 0. The van der Waals surface area contributed by atoms with E-state index >= 15 is 0 Å². The summed E-state index contributed by atoms with van der Waals surface area (Å²) in [7, 11) is 0. The molecule has 4 heteroatoms. The van der Waals surface area contributed by atoms with Gasteiger partial charge >= 0.3 is 0 Å². The van der Waals surface area contributed by atoms with E-state index in [2.05, 4.69) is 57.8 Å². The van der Waals surface area contributed by atoms with Gasteiger partial charge in [0.1, 0.15) is 5.82 Å².